The lowest BCUT2D eigenvalue weighted by atomic mass is 9.70. The van der Waals surface area contributed by atoms with Crippen molar-refractivity contribution in [3.05, 3.63) is 0 Å². The second-order valence-electron chi connectivity index (χ2n) is 7.94. The molecule has 106 valence electrons. The summed E-state index contributed by atoms with van der Waals surface area (Å²) in [4.78, 5) is 0. The molecular weight excluding hydrogens is 222 g/mol. The summed E-state index contributed by atoms with van der Waals surface area (Å²) in [6.45, 7) is 10.1. The fourth-order valence-electron chi connectivity index (χ4n) is 3.28. The van der Waals surface area contributed by atoms with Crippen molar-refractivity contribution >= 4 is 0 Å². The number of rotatable bonds is 4. The van der Waals surface area contributed by atoms with E-state index in [1.807, 2.05) is 0 Å². The van der Waals surface area contributed by atoms with E-state index in [0.717, 1.165) is 44.1 Å². The van der Waals surface area contributed by atoms with Crippen molar-refractivity contribution in [2.45, 2.75) is 77.9 Å². The van der Waals surface area contributed by atoms with Gasteiger partial charge in [-0.3, -0.25) is 0 Å². The standard InChI is InChI=1S/C16H31NO/c1-12(2)13-9-14(10-13)17-11-16(18)7-5-15(3,4)6-8-16/h12-14,17-18H,5-11H2,1-4H3. The molecule has 0 aromatic heterocycles. The minimum atomic E-state index is -0.432. The fourth-order valence-corrected chi connectivity index (χ4v) is 3.28. The highest BCUT2D eigenvalue weighted by atomic mass is 16.3. The average Bonchev–Trinajstić information content (AvgIpc) is 2.21. The molecule has 0 heterocycles. The van der Waals surface area contributed by atoms with E-state index in [1.54, 1.807) is 0 Å². The van der Waals surface area contributed by atoms with E-state index in [1.165, 1.54) is 12.8 Å². The van der Waals surface area contributed by atoms with Gasteiger partial charge in [-0.15, -0.1) is 0 Å². The molecule has 0 amide bonds. The van der Waals surface area contributed by atoms with Crippen LogP contribution in [0.4, 0.5) is 0 Å². The Hall–Kier alpha value is -0.0800. The molecule has 2 N–H and O–H groups in total. The molecule has 0 saturated heterocycles. The highest BCUT2D eigenvalue weighted by Crippen LogP contribution is 2.40. The zero-order valence-corrected chi connectivity index (χ0v) is 12.6. The molecule has 2 saturated carbocycles. The maximum absolute atomic E-state index is 10.6. The van der Waals surface area contributed by atoms with Crippen LogP contribution in [-0.2, 0) is 0 Å². The van der Waals surface area contributed by atoms with Gasteiger partial charge in [-0.25, -0.2) is 0 Å². The molecule has 0 aromatic carbocycles. The molecule has 18 heavy (non-hydrogen) atoms. The van der Waals surface area contributed by atoms with E-state index in [2.05, 4.69) is 33.0 Å². The van der Waals surface area contributed by atoms with Crippen LogP contribution in [0.25, 0.3) is 0 Å². The summed E-state index contributed by atoms with van der Waals surface area (Å²) in [5.41, 5.74) is 0.00384. The lowest BCUT2D eigenvalue weighted by Gasteiger charge is -2.44. The van der Waals surface area contributed by atoms with E-state index < -0.39 is 5.60 Å². The summed E-state index contributed by atoms with van der Waals surface area (Å²) < 4.78 is 0. The van der Waals surface area contributed by atoms with Crippen molar-refractivity contribution in [3.8, 4) is 0 Å². The molecule has 0 aliphatic heterocycles. The molecule has 0 spiro atoms. The molecule has 2 aliphatic rings. The van der Waals surface area contributed by atoms with Crippen LogP contribution in [0.5, 0.6) is 0 Å². The predicted molar refractivity (Wildman–Crippen MR) is 76.6 cm³/mol. The molecule has 0 radical (unpaired) electrons. The zero-order chi connectivity index (χ0) is 13.4. The first-order valence-electron chi connectivity index (χ1n) is 7.75. The number of nitrogens with one attached hydrogen (secondary N) is 1. The maximum atomic E-state index is 10.6. The van der Waals surface area contributed by atoms with Crippen LogP contribution in [0.15, 0.2) is 0 Å². The Balaban J connectivity index is 1.68. The first kappa shape index (κ1) is 14.3. The van der Waals surface area contributed by atoms with Gasteiger partial charge in [-0.1, -0.05) is 27.7 Å². The summed E-state index contributed by atoms with van der Waals surface area (Å²) in [5.74, 6) is 1.73. The fraction of sp³-hybridized carbons (Fsp3) is 1.00. The van der Waals surface area contributed by atoms with Crippen molar-refractivity contribution in [1.29, 1.82) is 0 Å². The zero-order valence-electron chi connectivity index (χ0n) is 12.6. The van der Waals surface area contributed by atoms with Gasteiger partial charge >= 0.3 is 0 Å². The Morgan fingerprint density at radius 3 is 2.17 bits per heavy atom. The molecule has 0 unspecified atom stereocenters. The second-order valence-corrected chi connectivity index (χ2v) is 7.94. The van der Waals surface area contributed by atoms with Gasteiger partial charge in [-0.2, -0.15) is 0 Å². The van der Waals surface area contributed by atoms with Gasteiger partial charge in [0.05, 0.1) is 5.60 Å². The summed E-state index contributed by atoms with van der Waals surface area (Å²) in [6.07, 6.45) is 6.86. The van der Waals surface area contributed by atoms with Crippen molar-refractivity contribution in [2.24, 2.45) is 17.3 Å². The summed E-state index contributed by atoms with van der Waals surface area (Å²) in [5, 5.41) is 14.2. The van der Waals surface area contributed by atoms with Crippen LogP contribution < -0.4 is 5.32 Å². The molecule has 2 rings (SSSR count). The topological polar surface area (TPSA) is 32.3 Å². The minimum absolute atomic E-state index is 0.432. The number of hydrogen-bond acceptors (Lipinski definition) is 2. The number of hydrogen-bond donors (Lipinski definition) is 2. The van der Waals surface area contributed by atoms with Crippen LogP contribution in [0.1, 0.15) is 66.2 Å². The van der Waals surface area contributed by atoms with E-state index in [-0.39, 0.29) is 0 Å². The normalized spacial score (nSPS) is 34.3. The lowest BCUT2D eigenvalue weighted by molar-refractivity contribution is -0.0299. The maximum Gasteiger partial charge on any atom is 0.0772 e. The predicted octanol–water partition coefficient (Wildman–Crippen LogP) is 3.34. The smallest absolute Gasteiger partial charge is 0.0772 e. The van der Waals surface area contributed by atoms with Crippen LogP contribution >= 0.6 is 0 Å². The molecule has 2 nitrogen and oxygen atoms in total. The van der Waals surface area contributed by atoms with Crippen LogP contribution in [0.2, 0.25) is 0 Å². The highest BCUT2D eigenvalue weighted by Gasteiger charge is 2.38. The molecule has 0 aromatic rings. The Morgan fingerprint density at radius 2 is 1.67 bits per heavy atom. The van der Waals surface area contributed by atoms with Gasteiger partial charge < -0.3 is 10.4 Å². The van der Waals surface area contributed by atoms with E-state index in [4.69, 9.17) is 0 Å². The first-order valence-corrected chi connectivity index (χ1v) is 7.75. The highest BCUT2D eigenvalue weighted by molar-refractivity contribution is 4.93. The SMILES string of the molecule is CC(C)C1CC(NCC2(O)CCC(C)(C)CC2)C1. The molecule has 2 fully saturated rings. The number of aliphatic hydroxyl groups is 1. The quantitative estimate of drug-likeness (QED) is 0.805. The molecule has 2 aliphatic carbocycles. The van der Waals surface area contributed by atoms with Crippen molar-refractivity contribution in [3.63, 3.8) is 0 Å². The monoisotopic (exact) mass is 253 g/mol. The van der Waals surface area contributed by atoms with E-state index in [0.29, 0.717) is 11.5 Å². The van der Waals surface area contributed by atoms with Gasteiger partial charge in [0.1, 0.15) is 0 Å². The largest absolute Gasteiger partial charge is 0.389 e. The third-order valence-electron chi connectivity index (χ3n) is 5.37. The van der Waals surface area contributed by atoms with Gasteiger partial charge in [0.2, 0.25) is 0 Å². The van der Waals surface area contributed by atoms with Gasteiger partial charge in [0.25, 0.3) is 0 Å². The van der Waals surface area contributed by atoms with Crippen LogP contribution in [0, 0.1) is 17.3 Å². The first-order chi connectivity index (χ1) is 8.30. The minimum Gasteiger partial charge on any atom is -0.389 e. The Bertz CT molecular complexity index is 269. The van der Waals surface area contributed by atoms with Gasteiger partial charge in [0, 0.05) is 12.6 Å². The Kier molecular flexibility index (Phi) is 4.08. The third-order valence-corrected chi connectivity index (χ3v) is 5.37. The third kappa shape index (κ3) is 3.48. The van der Waals surface area contributed by atoms with Crippen molar-refractivity contribution in [2.75, 3.05) is 6.54 Å². The Labute approximate surface area is 113 Å². The molecule has 0 bridgehead atoms. The summed E-state index contributed by atoms with van der Waals surface area (Å²) >= 11 is 0. The summed E-state index contributed by atoms with van der Waals surface area (Å²) in [6, 6.07) is 0.663. The van der Waals surface area contributed by atoms with Crippen molar-refractivity contribution in [1.82, 2.24) is 5.32 Å². The lowest BCUT2D eigenvalue weighted by Crippen LogP contribution is -2.51. The molecular formula is C16H31NO. The van der Waals surface area contributed by atoms with Gasteiger partial charge in [-0.05, 0) is 55.8 Å². The second kappa shape index (κ2) is 5.13. The summed E-state index contributed by atoms with van der Waals surface area (Å²) in [7, 11) is 0. The molecule has 0 atom stereocenters. The molecule has 2 heteroatoms. The Morgan fingerprint density at radius 1 is 1.11 bits per heavy atom. The van der Waals surface area contributed by atoms with E-state index >= 15 is 0 Å². The average molecular weight is 253 g/mol. The van der Waals surface area contributed by atoms with E-state index in [9.17, 15) is 5.11 Å². The van der Waals surface area contributed by atoms with Crippen LogP contribution in [-0.4, -0.2) is 23.3 Å². The van der Waals surface area contributed by atoms with Gasteiger partial charge in [0.15, 0.2) is 0 Å². The van der Waals surface area contributed by atoms with Crippen LogP contribution in [0.3, 0.4) is 0 Å². The van der Waals surface area contributed by atoms with Crippen molar-refractivity contribution < 1.29 is 5.11 Å².